The summed E-state index contributed by atoms with van der Waals surface area (Å²) in [5.41, 5.74) is 0. The van der Waals surface area contributed by atoms with Crippen LogP contribution in [0, 0.1) is 0 Å². The van der Waals surface area contributed by atoms with E-state index in [1.54, 1.807) is 0 Å². The Labute approximate surface area is 197 Å². The van der Waals surface area contributed by atoms with E-state index in [4.69, 9.17) is 0 Å². The van der Waals surface area contributed by atoms with Crippen molar-refractivity contribution < 1.29 is 47.6 Å². The first-order valence-electron chi connectivity index (χ1n) is 11.5. The Morgan fingerprint density at radius 3 is 1.39 bits per heavy atom. The van der Waals surface area contributed by atoms with Crippen LogP contribution < -0.4 is 29.6 Å². The van der Waals surface area contributed by atoms with E-state index < -0.39 is 15.4 Å². The van der Waals surface area contributed by atoms with Crippen LogP contribution in [0.15, 0.2) is 0 Å². The fourth-order valence-corrected chi connectivity index (χ4v) is 4.55. The number of hydrogen-bond donors (Lipinski definition) is 1. The zero-order chi connectivity index (χ0) is 20.4. The smallest absolute Gasteiger partial charge is 0.748 e. The van der Waals surface area contributed by atoms with Crippen LogP contribution in [-0.2, 0) is 10.1 Å². The quantitative estimate of drug-likeness (QED) is 0.183. The van der Waals surface area contributed by atoms with Crippen molar-refractivity contribution in [3.8, 4) is 0 Å². The molecule has 2 unspecified atom stereocenters. The second-order valence-electron chi connectivity index (χ2n) is 8.17. The van der Waals surface area contributed by atoms with Crippen LogP contribution in [0.4, 0.5) is 0 Å². The fourth-order valence-electron chi connectivity index (χ4n) is 3.64. The number of hydrogen-bond acceptors (Lipinski definition) is 4. The molecule has 2 atom stereocenters. The van der Waals surface area contributed by atoms with Gasteiger partial charge >= 0.3 is 29.6 Å². The standard InChI is InChI=1S/C22H46O4S.Na/c1-3-5-7-9-10-11-13-17-21(23)18-14-12-16-20-22(27(24,25)26)19-15-8-6-4-2;/h21-23H,3-20H2,1-2H3,(H,24,25,26);/q;+1/p-1. The first kappa shape index (κ1) is 31.1. The van der Waals surface area contributed by atoms with Crippen molar-refractivity contribution in [2.24, 2.45) is 0 Å². The molecule has 0 rings (SSSR count). The Kier molecular flexibility index (Phi) is 23.4. The molecule has 0 radical (unpaired) electrons. The van der Waals surface area contributed by atoms with E-state index in [2.05, 4.69) is 13.8 Å². The summed E-state index contributed by atoms with van der Waals surface area (Å²) in [5.74, 6) is 0. The maximum absolute atomic E-state index is 11.4. The minimum Gasteiger partial charge on any atom is -0.748 e. The van der Waals surface area contributed by atoms with Gasteiger partial charge in [-0.25, -0.2) is 8.42 Å². The SMILES string of the molecule is CCCCCCCCCC(O)CCCCCC(CCCCCC)S(=O)(=O)[O-].[Na+]. The average Bonchev–Trinajstić information content (AvgIpc) is 2.61. The Bertz CT molecular complexity index is 415. The predicted octanol–water partition coefficient (Wildman–Crippen LogP) is 3.33. The minimum absolute atomic E-state index is 0. The topological polar surface area (TPSA) is 77.4 Å². The molecular formula is C22H45NaO4S. The van der Waals surface area contributed by atoms with Gasteiger partial charge in [-0.05, 0) is 25.7 Å². The van der Waals surface area contributed by atoms with Gasteiger partial charge in [0.05, 0.1) is 16.2 Å². The summed E-state index contributed by atoms with van der Waals surface area (Å²) in [7, 11) is -4.18. The first-order valence-corrected chi connectivity index (χ1v) is 13.0. The molecule has 0 aliphatic heterocycles. The number of aliphatic hydroxyl groups is 1. The van der Waals surface area contributed by atoms with E-state index in [1.165, 1.54) is 38.5 Å². The van der Waals surface area contributed by atoms with Gasteiger partial charge in [-0.1, -0.05) is 104 Å². The van der Waals surface area contributed by atoms with Gasteiger partial charge < -0.3 is 9.66 Å². The van der Waals surface area contributed by atoms with Crippen molar-refractivity contribution in [3.63, 3.8) is 0 Å². The molecule has 0 aromatic heterocycles. The van der Waals surface area contributed by atoms with E-state index in [0.717, 1.165) is 64.2 Å². The molecule has 4 nitrogen and oxygen atoms in total. The number of unbranched alkanes of at least 4 members (excludes halogenated alkanes) is 11. The van der Waals surface area contributed by atoms with E-state index in [9.17, 15) is 18.1 Å². The molecule has 0 fully saturated rings. The van der Waals surface area contributed by atoms with Crippen molar-refractivity contribution in [1.29, 1.82) is 0 Å². The van der Waals surface area contributed by atoms with Crippen molar-refractivity contribution in [3.05, 3.63) is 0 Å². The fraction of sp³-hybridized carbons (Fsp3) is 1.00. The third-order valence-electron chi connectivity index (χ3n) is 5.49. The second-order valence-corrected chi connectivity index (χ2v) is 9.82. The normalized spacial score (nSPS) is 13.9. The zero-order valence-corrected chi connectivity index (χ0v) is 21.8. The maximum Gasteiger partial charge on any atom is 1.00 e. The number of rotatable bonds is 20. The number of aliphatic hydroxyl groups excluding tert-OH is 1. The molecule has 0 aromatic rings. The van der Waals surface area contributed by atoms with Gasteiger partial charge in [-0.15, -0.1) is 0 Å². The summed E-state index contributed by atoms with van der Waals surface area (Å²) in [6, 6.07) is 0. The van der Waals surface area contributed by atoms with Crippen LogP contribution in [0.25, 0.3) is 0 Å². The van der Waals surface area contributed by atoms with E-state index in [1.807, 2.05) is 0 Å². The predicted molar refractivity (Wildman–Crippen MR) is 114 cm³/mol. The monoisotopic (exact) mass is 428 g/mol. The van der Waals surface area contributed by atoms with Crippen LogP contribution in [-0.4, -0.2) is 29.4 Å². The van der Waals surface area contributed by atoms with Crippen LogP contribution in [0.2, 0.25) is 0 Å². The summed E-state index contributed by atoms with van der Waals surface area (Å²) in [6.45, 7) is 4.34. The summed E-state index contributed by atoms with van der Waals surface area (Å²) in [5, 5.41) is 9.33. The molecule has 164 valence electrons. The van der Waals surface area contributed by atoms with Crippen molar-refractivity contribution in [1.82, 2.24) is 0 Å². The van der Waals surface area contributed by atoms with Gasteiger partial charge in [0.1, 0.15) is 0 Å². The average molecular weight is 429 g/mol. The van der Waals surface area contributed by atoms with Gasteiger partial charge in [0.25, 0.3) is 0 Å². The van der Waals surface area contributed by atoms with Gasteiger partial charge in [-0.3, -0.25) is 0 Å². The van der Waals surface area contributed by atoms with E-state index in [-0.39, 0.29) is 35.7 Å². The molecular weight excluding hydrogens is 383 g/mol. The van der Waals surface area contributed by atoms with Crippen LogP contribution >= 0.6 is 0 Å². The van der Waals surface area contributed by atoms with Gasteiger partial charge in [0, 0.05) is 5.25 Å². The van der Waals surface area contributed by atoms with E-state index >= 15 is 0 Å². The summed E-state index contributed by atoms with van der Waals surface area (Å²) < 4.78 is 34.2. The van der Waals surface area contributed by atoms with Gasteiger partial charge in [0.2, 0.25) is 0 Å². The second kappa shape index (κ2) is 21.1. The molecule has 0 aromatic carbocycles. The Balaban J connectivity index is 0. The Morgan fingerprint density at radius 2 is 0.964 bits per heavy atom. The first-order chi connectivity index (χ1) is 12.9. The Morgan fingerprint density at radius 1 is 0.643 bits per heavy atom. The van der Waals surface area contributed by atoms with Crippen molar-refractivity contribution >= 4 is 10.1 Å². The molecule has 0 aliphatic rings. The molecule has 0 amide bonds. The summed E-state index contributed by atoms with van der Waals surface area (Å²) >= 11 is 0. The maximum atomic E-state index is 11.4. The van der Waals surface area contributed by atoms with Gasteiger partial charge in [-0.2, -0.15) is 0 Å². The molecule has 0 heterocycles. The van der Waals surface area contributed by atoms with Gasteiger partial charge in [0.15, 0.2) is 0 Å². The molecule has 0 saturated carbocycles. The van der Waals surface area contributed by atoms with Crippen LogP contribution in [0.1, 0.15) is 129 Å². The summed E-state index contributed by atoms with van der Waals surface area (Å²) in [4.78, 5) is 0. The van der Waals surface area contributed by atoms with Crippen molar-refractivity contribution in [2.75, 3.05) is 0 Å². The van der Waals surface area contributed by atoms with Crippen LogP contribution in [0.3, 0.4) is 0 Å². The molecule has 0 saturated heterocycles. The minimum atomic E-state index is -4.18. The largest absolute Gasteiger partial charge is 1.00 e. The van der Waals surface area contributed by atoms with E-state index in [0.29, 0.717) is 12.8 Å². The molecule has 28 heavy (non-hydrogen) atoms. The zero-order valence-electron chi connectivity index (χ0n) is 19.0. The third kappa shape index (κ3) is 20.2. The molecule has 1 N–H and O–H groups in total. The van der Waals surface area contributed by atoms with Crippen LogP contribution in [0.5, 0.6) is 0 Å². The Hall–Kier alpha value is 0.870. The molecule has 0 bridgehead atoms. The molecule has 0 spiro atoms. The van der Waals surface area contributed by atoms with Crippen molar-refractivity contribution in [2.45, 2.75) is 141 Å². The molecule has 0 aliphatic carbocycles. The molecule has 6 heteroatoms. The summed E-state index contributed by atoms with van der Waals surface area (Å²) in [6.07, 6.45) is 17.9. The third-order valence-corrected chi connectivity index (χ3v) is 6.78.